The summed E-state index contributed by atoms with van der Waals surface area (Å²) in [6.45, 7) is 0. The first kappa shape index (κ1) is 28.4. The summed E-state index contributed by atoms with van der Waals surface area (Å²) in [4.78, 5) is 2.38. The van der Waals surface area contributed by atoms with Crippen LogP contribution in [0.1, 0.15) is 0 Å². The zero-order chi connectivity index (χ0) is 33.0. The van der Waals surface area contributed by atoms with E-state index in [1.807, 2.05) is 6.07 Å². The van der Waals surface area contributed by atoms with Gasteiger partial charge in [0.25, 0.3) is 0 Å². The minimum Gasteiger partial charge on any atom is -0.456 e. The summed E-state index contributed by atoms with van der Waals surface area (Å²) in [5, 5.41) is 9.78. The van der Waals surface area contributed by atoms with Crippen molar-refractivity contribution in [3.8, 4) is 22.3 Å². The van der Waals surface area contributed by atoms with Gasteiger partial charge in [-0.1, -0.05) is 140 Å². The molecular formula is C48H31NO. The van der Waals surface area contributed by atoms with Crippen LogP contribution < -0.4 is 4.90 Å². The van der Waals surface area contributed by atoms with E-state index >= 15 is 0 Å². The van der Waals surface area contributed by atoms with Crippen molar-refractivity contribution in [1.82, 2.24) is 0 Å². The van der Waals surface area contributed by atoms with Crippen LogP contribution in [0.15, 0.2) is 192 Å². The number of nitrogens with zero attached hydrogens (tertiary/aromatic N) is 1. The van der Waals surface area contributed by atoms with Gasteiger partial charge in [0.15, 0.2) is 0 Å². The van der Waals surface area contributed by atoms with Crippen molar-refractivity contribution >= 4 is 71.3 Å². The minimum atomic E-state index is 0.918. The Kier molecular flexibility index (Phi) is 6.53. The number of furan rings is 1. The maximum Gasteiger partial charge on any atom is 0.136 e. The molecule has 234 valence electrons. The Morgan fingerprint density at radius 3 is 1.70 bits per heavy atom. The van der Waals surface area contributed by atoms with E-state index in [1.165, 1.54) is 60.0 Å². The number of fused-ring (bicyclic) bond motifs is 10. The van der Waals surface area contributed by atoms with E-state index in [1.54, 1.807) is 0 Å². The average Bonchev–Trinajstić information content (AvgIpc) is 3.58. The monoisotopic (exact) mass is 637 g/mol. The molecule has 0 aliphatic carbocycles. The van der Waals surface area contributed by atoms with E-state index in [4.69, 9.17) is 4.42 Å². The molecule has 50 heavy (non-hydrogen) atoms. The molecule has 0 amide bonds. The summed E-state index contributed by atoms with van der Waals surface area (Å²) in [6.07, 6.45) is 0. The van der Waals surface area contributed by atoms with Crippen LogP contribution in [0.25, 0.3) is 76.5 Å². The molecule has 0 aliphatic heterocycles. The lowest BCUT2D eigenvalue weighted by atomic mass is 9.88. The molecule has 9 aromatic carbocycles. The Balaban J connectivity index is 1.23. The van der Waals surface area contributed by atoms with Crippen molar-refractivity contribution in [2.75, 3.05) is 4.90 Å². The van der Waals surface area contributed by atoms with Crippen LogP contribution in [0.2, 0.25) is 0 Å². The Hall–Kier alpha value is -6.64. The fourth-order valence-corrected chi connectivity index (χ4v) is 7.89. The molecule has 0 aliphatic rings. The van der Waals surface area contributed by atoms with Gasteiger partial charge in [-0.3, -0.25) is 0 Å². The van der Waals surface area contributed by atoms with E-state index in [0.717, 1.165) is 33.6 Å². The van der Waals surface area contributed by atoms with Crippen molar-refractivity contribution in [3.05, 3.63) is 188 Å². The van der Waals surface area contributed by atoms with Crippen molar-refractivity contribution in [2.24, 2.45) is 0 Å². The molecule has 2 nitrogen and oxygen atoms in total. The van der Waals surface area contributed by atoms with Gasteiger partial charge in [0.05, 0.1) is 5.69 Å². The standard InChI is InChI=1S/C48H31NO/c1-3-15-32(16-4-1)36-21-9-11-27-43(36)49(34-18-5-2-6-19-34)35-20-13-17-33(31-35)37-25-14-26-39-41-29-30-45-48(42-24-10-12-28-44(42)50-45)47(41)40-23-8-7-22-38(40)46(37)39/h1-31H. The highest BCUT2D eigenvalue weighted by Crippen LogP contribution is 2.46. The van der Waals surface area contributed by atoms with Gasteiger partial charge < -0.3 is 9.32 Å². The minimum absolute atomic E-state index is 0.918. The number of benzene rings is 9. The number of rotatable bonds is 5. The van der Waals surface area contributed by atoms with Gasteiger partial charge in [-0.25, -0.2) is 0 Å². The highest BCUT2D eigenvalue weighted by Gasteiger charge is 2.20. The smallest absolute Gasteiger partial charge is 0.136 e. The number of para-hydroxylation sites is 3. The van der Waals surface area contributed by atoms with Crippen molar-refractivity contribution < 1.29 is 4.42 Å². The van der Waals surface area contributed by atoms with E-state index in [9.17, 15) is 0 Å². The van der Waals surface area contributed by atoms with E-state index < -0.39 is 0 Å². The molecule has 0 radical (unpaired) electrons. The molecule has 0 fully saturated rings. The Morgan fingerprint density at radius 2 is 0.880 bits per heavy atom. The second kappa shape index (κ2) is 11.5. The topological polar surface area (TPSA) is 16.4 Å². The number of hydrogen-bond donors (Lipinski definition) is 0. The van der Waals surface area contributed by atoms with Crippen LogP contribution in [0, 0.1) is 0 Å². The summed E-state index contributed by atoms with van der Waals surface area (Å²) in [5.74, 6) is 0. The molecule has 10 rings (SSSR count). The maximum atomic E-state index is 6.36. The fraction of sp³-hybridized carbons (Fsp3) is 0. The lowest BCUT2D eigenvalue weighted by Crippen LogP contribution is -2.11. The van der Waals surface area contributed by atoms with Crippen LogP contribution in [-0.4, -0.2) is 0 Å². The molecule has 0 N–H and O–H groups in total. The molecule has 0 saturated heterocycles. The predicted octanol–water partition coefficient (Wildman–Crippen LogP) is 13.8. The van der Waals surface area contributed by atoms with Gasteiger partial charge in [-0.05, 0) is 92.2 Å². The third-order valence-corrected chi connectivity index (χ3v) is 10.0. The first-order chi connectivity index (χ1) is 24.8. The summed E-state index contributed by atoms with van der Waals surface area (Å²) < 4.78 is 6.36. The van der Waals surface area contributed by atoms with Crippen LogP contribution in [0.5, 0.6) is 0 Å². The Labute approximate surface area is 290 Å². The van der Waals surface area contributed by atoms with Crippen molar-refractivity contribution in [2.45, 2.75) is 0 Å². The molecule has 0 spiro atoms. The summed E-state index contributed by atoms with van der Waals surface area (Å²) in [6, 6.07) is 67.4. The van der Waals surface area contributed by atoms with Crippen LogP contribution in [0.4, 0.5) is 17.1 Å². The molecule has 1 aromatic heterocycles. The highest BCUT2D eigenvalue weighted by molar-refractivity contribution is 6.36. The van der Waals surface area contributed by atoms with Gasteiger partial charge in [-0.15, -0.1) is 0 Å². The van der Waals surface area contributed by atoms with E-state index in [-0.39, 0.29) is 0 Å². The number of hydrogen-bond acceptors (Lipinski definition) is 2. The quantitative estimate of drug-likeness (QED) is 0.175. The molecule has 0 unspecified atom stereocenters. The van der Waals surface area contributed by atoms with E-state index in [0.29, 0.717) is 0 Å². The van der Waals surface area contributed by atoms with Crippen LogP contribution >= 0.6 is 0 Å². The van der Waals surface area contributed by atoms with Gasteiger partial charge in [0.1, 0.15) is 11.2 Å². The summed E-state index contributed by atoms with van der Waals surface area (Å²) in [7, 11) is 0. The molecule has 2 heteroatoms. The fourth-order valence-electron chi connectivity index (χ4n) is 7.89. The second-order valence-corrected chi connectivity index (χ2v) is 12.8. The van der Waals surface area contributed by atoms with Crippen molar-refractivity contribution in [3.63, 3.8) is 0 Å². The summed E-state index contributed by atoms with van der Waals surface area (Å²) >= 11 is 0. The first-order valence-corrected chi connectivity index (χ1v) is 17.1. The SMILES string of the molecule is c1ccc(-c2ccccc2N(c2ccccc2)c2cccc(-c3cccc4c5ccc6oc7ccccc7c6c5c5ccccc5c34)c2)cc1. The average molecular weight is 638 g/mol. The van der Waals surface area contributed by atoms with E-state index in [2.05, 4.69) is 187 Å². The van der Waals surface area contributed by atoms with Crippen molar-refractivity contribution in [1.29, 1.82) is 0 Å². The maximum absolute atomic E-state index is 6.36. The molecule has 1 heterocycles. The lowest BCUT2D eigenvalue weighted by Gasteiger charge is -2.28. The zero-order valence-corrected chi connectivity index (χ0v) is 27.3. The molecule has 0 atom stereocenters. The molecule has 0 saturated carbocycles. The molecular weight excluding hydrogens is 607 g/mol. The third kappa shape index (κ3) is 4.43. The van der Waals surface area contributed by atoms with Gasteiger partial charge in [-0.2, -0.15) is 0 Å². The Morgan fingerprint density at radius 1 is 0.320 bits per heavy atom. The summed E-state index contributed by atoms with van der Waals surface area (Å²) in [5.41, 5.74) is 9.94. The third-order valence-electron chi connectivity index (χ3n) is 10.0. The predicted molar refractivity (Wildman–Crippen MR) is 212 cm³/mol. The largest absolute Gasteiger partial charge is 0.456 e. The van der Waals surface area contributed by atoms with Crippen LogP contribution in [-0.2, 0) is 0 Å². The van der Waals surface area contributed by atoms with Gasteiger partial charge >= 0.3 is 0 Å². The Bertz CT molecular complexity index is 2840. The van der Waals surface area contributed by atoms with Gasteiger partial charge in [0, 0.05) is 33.1 Å². The van der Waals surface area contributed by atoms with Crippen LogP contribution in [0.3, 0.4) is 0 Å². The molecule has 10 aromatic rings. The van der Waals surface area contributed by atoms with Gasteiger partial charge in [0.2, 0.25) is 0 Å². The normalized spacial score (nSPS) is 11.6. The second-order valence-electron chi connectivity index (χ2n) is 12.8. The zero-order valence-electron chi connectivity index (χ0n) is 27.3. The molecule has 0 bridgehead atoms. The lowest BCUT2D eigenvalue weighted by molar-refractivity contribution is 0.669. The first-order valence-electron chi connectivity index (χ1n) is 17.1. The highest BCUT2D eigenvalue weighted by atomic mass is 16.3. The number of anilines is 3.